The van der Waals surface area contributed by atoms with Crippen molar-refractivity contribution in [2.24, 2.45) is 0 Å². The first-order valence-corrected chi connectivity index (χ1v) is 8.92. The minimum absolute atomic E-state index is 0.356. The van der Waals surface area contributed by atoms with Crippen LogP contribution in [0.4, 0.5) is 0 Å². The number of aromatic nitrogens is 2. The molecule has 3 rings (SSSR count). The molecule has 2 aromatic rings. The molecule has 134 valence electrons. The zero-order valence-corrected chi connectivity index (χ0v) is 14.4. The monoisotopic (exact) mass is 343 g/mol. The number of rotatable bonds is 7. The highest BCUT2D eigenvalue weighted by Gasteiger charge is 2.10. The first kappa shape index (κ1) is 17.5. The van der Waals surface area contributed by atoms with Gasteiger partial charge in [-0.1, -0.05) is 18.6 Å². The van der Waals surface area contributed by atoms with E-state index in [1.807, 2.05) is 12.1 Å². The molecule has 0 atom stereocenters. The second kappa shape index (κ2) is 8.67. The fourth-order valence-electron chi connectivity index (χ4n) is 3.09. The zero-order chi connectivity index (χ0) is 17.5. The SMILES string of the molecule is O=c1[nH]c(CCCOc2cccc(CN3CCCCC3)c2)ncc1O. The van der Waals surface area contributed by atoms with Gasteiger partial charge in [0, 0.05) is 13.0 Å². The molecule has 1 aliphatic rings. The second-order valence-electron chi connectivity index (χ2n) is 6.48. The van der Waals surface area contributed by atoms with Gasteiger partial charge in [-0.3, -0.25) is 9.69 Å². The van der Waals surface area contributed by atoms with E-state index in [0.717, 1.165) is 18.7 Å². The van der Waals surface area contributed by atoms with Gasteiger partial charge in [0.15, 0.2) is 5.75 Å². The van der Waals surface area contributed by atoms with Crippen molar-refractivity contribution in [3.63, 3.8) is 0 Å². The van der Waals surface area contributed by atoms with Gasteiger partial charge in [-0.25, -0.2) is 4.98 Å². The van der Waals surface area contributed by atoms with E-state index in [0.29, 0.717) is 18.9 Å². The summed E-state index contributed by atoms with van der Waals surface area (Å²) in [6.07, 6.45) is 6.46. The van der Waals surface area contributed by atoms with E-state index in [1.54, 1.807) is 0 Å². The number of piperidine rings is 1. The number of H-pyrrole nitrogens is 1. The van der Waals surface area contributed by atoms with Gasteiger partial charge in [-0.05, 0) is 50.0 Å². The Morgan fingerprint density at radius 1 is 1.24 bits per heavy atom. The molecule has 0 saturated carbocycles. The van der Waals surface area contributed by atoms with Crippen molar-refractivity contribution in [2.45, 2.75) is 38.6 Å². The van der Waals surface area contributed by atoms with Crippen molar-refractivity contribution in [1.29, 1.82) is 0 Å². The van der Waals surface area contributed by atoms with Crippen LogP contribution in [0.1, 0.15) is 37.1 Å². The molecule has 1 aromatic carbocycles. The minimum Gasteiger partial charge on any atom is -0.502 e. The lowest BCUT2D eigenvalue weighted by Crippen LogP contribution is -2.29. The fraction of sp³-hybridized carbons (Fsp3) is 0.474. The number of aromatic amines is 1. The van der Waals surface area contributed by atoms with Crippen LogP contribution in [0.15, 0.2) is 35.3 Å². The lowest BCUT2D eigenvalue weighted by atomic mass is 10.1. The van der Waals surface area contributed by atoms with Gasteiger partial charge in [0.2, 0.25) is 0 Å². The number of aromatic hydroxyl groups is 1. The molecule has 0 bridgehead atoms. The van der Waals surface area contributed by atoms with Crippen LogP contribution in [0.2, 0.25) is 0 Å². The number of likely N-dealkylation sites (tertiary alicyclic amines) is 1. The molecule has 0 spiro atoms. The van der Waals surface area contributed by atoms with Gasteiger partial charge in [0.05, 0.1) is 12.8 Å². The summed E-state index contributed by atoms with van der Waals surface area (Å²) in [7, 11) is 0. The smallest absolute Gasteiger partial charge is 0.293 e. The molecule has 0 aliphatic carbocycles. The molecule has 6 nitrogen and oxygen atoms in total. The van der Waals surface area contributed by atoms with E-state index >= 15 is 0 Å². The van der Waals surface area contributed by atoms with Crippen molar-refractivity contribution in [1.82, 2.24) is 14.9 Å². The largest absolute Gasteiger partial charge is 0.502 e. The molecule has 1 saturated heterocycles. The van der Waals surface area contributed by atoms with Crippen molar-refractivity contribution in [3.05, 3.63) is 52.2 Å². The maximum Gasteiger partial charge on any atom is 0.293 e. The molecule has 25 heavy (non-hydrogen) atoms. The van der Waals surface area contributed by atoms with E-state index in [9.17, 15) is 9.90 Å². The quantitative estimate of drug-likeness (QED) is 0.755. The van der Waals surface area contributed by atoms with Gasteiger partial charge in [-0.2, -0.15) is 0 Å². The number of hydrogen-bond donors (Lipinski definition) is 2. The Balaban J connectivity index is 1.45. The van der Waals surface area contributed by atoms with Crippen LogP contribution in [0.25, 0.3) is 0 Å². The van der Waals surface area contributed by atoms with E-state index in [-0.39, 0.29) is 5.75 Å². The Hall–Kier alpha value is -2.34. The summed E-state index contributed by atoms with van der Waals surface area (Å²) in [5.74, 6) is 1.08. The number of hydrogen-bond acceptors (Lipinski definition) is 5. The summed E-state index contributed by atoms with van der Waals surface area (Å²) in [5, 5.41) is 9.17. The van der Waals surface area contributed by atoms with Crippen LogP contribution in [0.3, 0.4) is 0 Å². The molecule has 1 aliphatic heterocycles. The number of nitrogens with zero attached hydrogens (tertiary/aromatic N) is 2. The summed E-state index contributed by atoms with van der Waals surface area (Å²) in [5.41, 5.74) is 0.778. The third-order valence-electron chi connectivity index (χ3n) is 4.41. The van der Waals surface area contributed by atoms with Crippen LogP contribution in [0.5, 0.6) is 11.5 Å². The summed E-state index contributed by atoms with van der Waals surface area (Å²) in [6, 6.07) is 8.26. The standard InChI is InChI=1S/C19H25N3O3/c23-17-13-20-18(21-19(17)24)8-5-11-25-16-7-4-6-15(12-16)14-22-9-2-1-3-10-22/h4,6-7,12-13,23H,1-3,5,8-11,14H2,(H,20,21,24). The molecule has 1 fully saturated rings. The predicted octanol–water partition coefficient (Wildman–Crippen LogP) is 2.47. The van der Waals surface area contributed by atoms with Crippen molar-refractivity contribution in [3.8, 4) is 11.5 Å². The first-order chi connectivity index (χ1) is 12.2. The lowest BCUT2D eigenvalue weighted by Gasteiger charge is -2.26. The third-order valence-corrected chi connectivity index (χ3v) is 4.41. The fourth-order valence-corrected chi connectivity index (χ4v) is 3.09. The van der Waals surface area contributed by atoms with E-state index in [2.05, 4.69) is 27.0 Å². The molecule has 0 radical (unpaired) electrons. The molecule has 1 aromatic heterocycles. The van der Waals surface area contributed by atoms with Crippen LogP contribution in [0, 0.1) is 0 Å². The highest BCUT2D eigenvalue weighted by atomic mass is 16.5. The van der Waals surface area contributed by atoms with E-state index in [4.69, 9.17) is 4.74 Å². The summed E-state index contributed by atoms with van der Waals surface area (Å²) >= 11 is 0. The number of nitrogens with one attached hydrogen (secondary N) is 1. The van der Waals surface area contributed by atoms with Gasteiger partial charge in [0.25, 0.3) is 5.56 Å². The Morgan fingerprint density at radius 2 is 2.08 bits per heavy atom. The Kier molecular flexibility index (Phi) is 6.06. The number of ether oxygens (including phenoxy) is 1. The summed E-state index contributed by atoms with van der Waals surface area (Å²) in [6.45, 7) is 3.90. The molecular formula is C19H25N3O3. The zero-order valence-electron chi connectivity index (χ0n) is 14.4. The van der Waals surface area contributed by atoms with Gasteiger partial charge >= 0.3 is 0 Å². The molecule has 6 heteroatoms. The van der Waals surface area contributed by atoms with Crippen molar-refractivity contribution < 1.29 is 9.84 Å². The maximum absolute atomic E-state index is 11.3. The van der Waals surface area contributed by atoms with E-state index in [1.165, 1.54) is 44.1 Å². The van der Waals surface area contributed by atoms with Gasteiger partial charge in [-0.15, -0.1) is 0 Å². The lowest BCUT2D eigenvalue weighted by molar-refractivity contribution is 0.220. The summed E-state index contributed by atoms with van der Waals surface area (Å²) in [4.78, 5) is 20.4. The van der Waals surface area contributed by atoms with Crippen LogP contribution >= 0.6 is 0 Å². The molecule has 2 heterocycles. The molecule has 0 unspecified atom stereocenters. The Morgan fingerprint density at radius 3 is 2.88 bits per heavy atom. The number of benzene rings is 1. The average molecular weight is 343 g/mol. The van der Waals surface area contributed by atoms with Crippen molar-refractivity contribution in [2.75, 3.05) is 19.7 Å². The topological polar surface area (TPSA) is 78.5 Å². The Bertz CT molecular complexity index is 739. The number of aryl methyl sites for hydroxylation is 1. The second-order valence-corrected chi connectivity index (χ2v) is 6.48. The average Bonchev–Trinajstić information content (AvgIpc) is 2.63. The normalized spacial score (nSPS) is 15.2. The first-order valence-electron chi connectivity index (χ1n) is 8.92. The van der Waals surface area contributed by atoms with Crippen LogP contribution in [-0.2, 0) is 13.0 Å². The van der Waals surface area contributed by atoms with Crippen LogP contribution < -0.4 is 10.3 Å². The Labute approximate surface area is 147 Å². The minimum atomic E-state index is -0.503. The molecular weight excluding hydrogens is 318 g/mol. The molecule has 2 N–H and O–H groups in total. The highest BCUT2D eigenvalue weighted by molar-refractivity contribution is 5.28. The van der Waals surface area contributed by atoms with Gasteiger partial charge in [0.1, 0.15) is 11.6 Å². The van der Waals surface area contributed by atoms with Crippen LogP contribution in [-0.4, -0.2) is 39.7 Å². The molecule has 0 amide bonds. The predicted molar refractivity (Wildman–Crippen MR) is 95.9 cm³/mol. The van der Waals surface area contributed by atoms with Gasteiger partial charge < -0.3 is 14.8 Å². The van der Waals surface area contributed by atoms with Crippen molar-refractivity contribution >= 4 is 0 Å². The highest BCUT2D eigenvalue weighted by Crippen LogP contribution is 2.17. The summed E-state index contributed by atoms with van der Waals surface area (Å²) < 4.78 is 5.82. The third kappa shape index (κ3) is 5.32. The maximum atomic E-state index is 11.3. The van der Waals surface area contributed by atoms with E-state index < -0.39 is 5.56 Å².